The summed E-state index contributed by atoms with van der Waals surface area (Å²) in [7, 11) is 1.63. The van der Waals surface area contributed by atoms with Crippen LogP contribution in [-0.4, -0.2) is 52.6 Å². The summed E-state index contributed by atoms with van der Waals surface area (Å²) in [4.78, 5) is 27.3. The van der Waals surface area contributed by atoms with Crippen molar-refractivity contribution in [3.63, 3.8) is 0 Å². The van der Waals surface area contributed by atoms with E-state index in [2.05, 4.69) is 20.4 Å². The molecule has 1 aliphatic heterocycles. The number of hydrazine groups is 1. The Balaban J connectivity index is 1.29. The molecule has 0 aliphatic carbocycles. The first-order valence-corrected chi connectivity index (χ1v) is 9.88. The molecule has 1 aromatic heterocycles. The minimum absolute atomic E-state index is 0.180. The average Bonchev–Trinajstić information content (AvgIpc) is 2.74. The van der Waals surface area contributed by atoms with E-state index >= 15 is 0 Å². The lowest BCUT2D eigenvalue weighted by atomic mass is 10.0. The Morgan fingerprint density at radius 3 is 2.63 bits per heavy atom. The third-order valence-corrected chi connectivity index (χ3v) is 4.94. The van der Waals surface area contributed by atoms with Crippen molar-refractivity contribution < 1.29 is 9.53 Å². The number of nitrogens with one attached hydrogen (secondary N) is 1. The Bertz CT molecular complexity index is 996. The molecular weight excluding hydrogens is 404 g/mol. The smallest absolute Gasteiger partial charge is 0.272 e. The van der Waals surface area contributed by atoms with E-state index in [9.17, 15) is 4.79 Å². The standard InChI is InChI=1S/C21H21ClN6O2/c1-27(19(29)16-5-3-2-4-6-16)26-20-23-14-24-21(25-20)28-11-15(12-28)13-30-18-9-7-17(22)8-10-18/h2-10,14-15H,11-13H2,1H3,(H,23,24,25,26). The molecule has 9 heteroatoms. The lowest BCUT2D eigenvalue weighted by Gasteiger charge is -2.38. The maximum absolute atomic E-state index is 12.4. The van der Waals surface area contributed by atoms with Crippen LogP contribution in [0.2, 0.25) is 5.02 Å². The lowest BCUT2D eigenvalue weighted by Crippen LogP contribution is -2.50. The molecule has 4 rings (SSSR count). The normalized spacial score (nSPS) is 13.5. The van der Waals surface area contributed by atoms with E-state index in [1.54, 1.807) is 19.2 Å². The summed E-state index contributed by atoms with van der Waals surface area (Å²) in [5, 5.41) is 2.04. The number of carbonyl (C=O) groups is 1. The van der Waals surface area contributed by atoms with Gasteiger partial charge in [-0.25, -0.2) is 4.98 Å². The number of halogens is 1. The van der Waals surface area contributed by atoms with E-state index in [0.29, 0.717) is 35.0 Å². The van der Waals surface area contributed by atoms with Gasteiger partial charge in [0, 0.05) is 36.6 Å². The summed E-state index contributed by atoms with van der Waals surface area (Å²) in [6, 6.07) is 16.3. The van der Waals surface area contributed by atoms with Gasteiger partial charge in [0.05, 0.1) is 6.61 Å². The fourth-order valence-corrected chi connectivity index (χ4v) is 3.18. The molecule has 1 amide bonds. The lowest BCUT2D eigenvalue weighted by molar-refractivity contribution is 0.0825. The van der Waals surface area contributed by atoms with Crippen LogP contribution in [0.15, 0.2) is 60.9 Å². The number of anilines is 2. The van der Waals surface area contributed by atoms with Gasteiger partial charge in [0.2, 0.25) is 11.9 Å². The van der Waals surface area contributed by atoms with E-state index in [1.165, 1.54) is 11.3 Å². The van der Waals surface area contributed by atoms with Crippen molar-refractivity contribution in [2.45, 2.75) is 0 Å². The molecule has 0 bridgehead atoms. The van der Waals surface area contributed by atoms with Gasteiger partial charge in [-0.3, -0.25) is 15.2 Å². The number of hydrogen-bond acceptors (Lipinski definition) is 7. The van der Waals surface area contributed by atoms with E-state index in [4.69, 9.17) is 16.3 Å². The van der Waals surface area contributed by atoms with E-state index < -0.39 is 0 Å². The number of aromatic nitrogens is 3. The van der Waals surface area contributed by atoms with Gasteiger partial charge in [0.15, 0.2) is 0 Å². The van der Waals surface area contributed by atoms with Gasteiger partial charge in [-0.15, -0.1) is 0 Å². The number of nitrogens with zero attached hydrogens (tertiary/aromatic N) is 5. The summed E-state index contributed by atoms with van der Waals surface area (Å²) in [5.74, 6) is 1.89. The van der Waals surface area contributed by atoms with Crippen LogP contribution in [0, 0.1) is 5.92 Å². The summed E-state index contributed by atoms with van der Waals surface area (Å²) in [5.41, 5.74) is 3.48. The van der Waals surface area contributed by atoms with Crippen LogP contribution < -0.4 is 15.1 Å². The van der Waals surface area contributed by atoms with Crippen LogP contribution in [0.25, 0.3) is 0 Å². The summed E-state index contributed by atoms with van der Waals surface area (Å²) < 4.78 is 5.80. The predicted molar refractivity (Wildman–Crippen MR) is 115 cm³/mol. The molecule has 154 valence electrons. The number of ether oxygens (including phenoxy) is 1. The Labute approximate surface area is 179 Å². The first-order valence-electron chi connectivity index (χ1n) is 9.50. The summed E-state index contributed by atoms with van der Waals surface area (Å²) in [6.45, 7) is 2.19. The Kier molecular flexibility index (Phi) is 5.94. The molecule has 0 saturated carbocycles. The van der Waals surface area contributed by atoms with E-state index in [-0.39, 0.29) is 5.91 Å². The Morgan fingerprint density at radius 2 is 1.90 bits per heavy atom. The van der Waals surface area contributed by atoms with Gasteiger partial charge in [0.25, 0.3) is 5.91 Å². The van der Waals surface area contributed by atoms with Crippen molar-refractivity contribution in [1.29, 1.82) is 0 Å². The van der Waals surface area contributed by atoms with Gasteiger partial charge >= 0.3 is 0 Å². The highest BCUT2D eigenvalue weighted by atomic mass is 35.5. The Morgan fingerprint density at radius 1 is 1.17 bits per heavy atom. The van der Waals surface area contributed by atoms with Crippen molar-refractivity contribution in [2.24, 2.45) is 5.92 Å². The van der Waals surface area contributed by atoms with E-state index in [1.807, 2.05) is 47.4 Å². The van der Waals surface area contributed by atoms with Gasteiger partial charge in [0.1, 0.15) is 12.1 Å². The van der Waals surface area contributed by atoms with Crippen LogP contribution in [0.3, 0.4) is 0 Å². The molecule has 2 aromatic carbocycles. The zero-order valence-corrected chi connectivity index (χ0v) is 17.2. The van der Waals surface area contributed by atoms with Crippen LogP contribution in [-0.2, 0) is 0 Å². The molecule has 1 N–H and O–H groups in total. The highest BCUT2D eigenvalue weighted by molar-refractivity contribution is 6.30. The van der Waals surface area contributed by atoms with Gasteiger partial charge in [-0.05, 0) is 36.4 Å². The molecule has 30 heavy (non-hydrogen) atoms. The number of amides is 1. The minimum Gasteiger partial charge on any atom is -0.493 e. The molecule has 0 radical (unpaired) electrons. The van der Waals surface area contributed by atoms with Crippen LogP contribution in [0.1, 0.15) is 10.4 Å². The largest absolute Gasteiger partial charge is 0.493 e. The number of hydrogen-bond donors (Lipinski definition) is 1. The quantitative estimate of drug-likeness (QED) is 0.583. The second-order valence-electron chi connectivity index (χ2n) is 6.99. The average molecular weight is 425 g/mol. The molecule has 0 atom stereocenters. The second-order valence-corrected chi connectivity index (χ2v) is 7.42. The number of carbonyl (C=O) groups excluding carboxylic acids is 1. The highest BCUT2D eigenvalue weighted by Gasteiger charge is 2.29. The van der Waals surface area contributed by atoms with Crippen molar-refractivity contribution in [3.8, 4) is 5.75 Å². The third kappa shape index (κ3) is 4.77. The van der Waals surface area contributed by atoms with Crippen LogP contribution >= 0.6 is 11.6 Å². The molecule has 1 aliphatic rings. The van der Waals surface area contributed by atoms with Gasteiger partial charge in [-0.2, -0.15) is 9.97 Å². The zero-order chi connectivity index (χ0) is 20.9. The van der Waals surface area contributed by atoms with Crippen LogP contribution in [0.4, 0.5) is 11.9 Å². The fraction of sp³-hybridized carbons (Fsp3) is 0.238. The molecule has 0 unspecified atom stereocenters. The number of benzene rings is 2. The summed E-state index contributed by atoms with van der Waals surface area (Å²) >= 11 is 5.88. The molecule has 0 spiro atoms. The molecule has 1 saturated heterocycles. The molecule has 1 fully saturated rings. The first-order chi connectivity index (χ1) is 14.6. The second kappa shape index (κ2) is 8.96. The van der Waals surface area contributed by atoms with Crippen molar-refractivity contribution in [3.05, 3.63) is 71.5 Å². The highest BCUT2D eigenvalue weighted by Crippen LogP contribution is 2.23. The monoisotopic (exact) mass is 424 g/mol. The number of rotatable bonds is 7. The topological polar surface area (TPSA) is 83.5 Å². The molecule has 2 heterocycles. The fourth-order valence-electron chi connectivity index (χ4n) is 3.05. The van der Waals surface area contributed by atoms with Gasteiger partial charge < -0.3 is 9.64 Å². The van der Waals surface area contributed by atoms with E-state index in [0.717, 1.165) is 18.8 Å². The minimum atomic E-state index is -0.180. The van der Waals surface area contributed by atoms with Gasteiger partial charge in [-0.1, -0.05) is 29.8 Å². The maximum Gasteiger partial charge on any atom is 0.272 e. The first kappa shape index (κ1) is 19.9. The molecular formula is C21H21ClN6O2. The predicted octanol–water partition coefficient (Wildman–Crippen LogP) is 3.14. The molecule has 3 aromatic rings. The Hall–Kier alpha value is -3.39. The zero-order valence-electron chi connectivity index (χ0n) is 16.4. The summed E-state index contributed by atoms with van der Waals surface area (Å²) in [6.07, 6.45) is 1.43. The molecule has 8 nitrogen and oxygen atoms in total. The van der Waals surface area contributed by atoms with Crippen molar-refractivity contribution in [2.75, 3.05) is 37.1 Å². The third-order valence-electron chi connectivity index (χ3n) is 4.69. The maximum atomic E-state index is 12.4. The van der Waals surface area contributed by atoms with Crippen molar-refractivity contribution in [1.82, 2.24) is 20.0 Å². The SMILES string of the molecule is CN(Nc1ncnc(N2CC(COc3ccc(Cl)cc3)C2)n1)C(=O)c1ccccc1. The van der Waals surface area contributed by atoms with Crippen molar-refractivity contribution >= 4 is 29.4 Å². The van der Waals surface area contributed by atoms with Crippen LogP contribution in [0.5, 0.6) is 5.75 Å².